The van der Waals surface area contributed by atoms with E-state index in [1.807, 2.05) is 41.9 Å². The van der Waals surface area contributed by atoms with Gasteiger partial charge in [0, 0.05) is 34.8 Å². The van der Waals surface area contributed by atoms with Gasteiger partial charge in [0.05, 0.1) is 12.6 Å². The van der Waals surface area contributed by atoms with Crippen LogP contribution in [0.3, 0.4) is 0 Å². The predicted octanol–water partition coefficient (Wildman–Crippen LogP) is 4.93. The number of aryl methyl sites for hydroxylation is 1. The van der Waals surface area contributed by atoms with Crippen molar-refractivity contribution in [2.24, 2.45) is 12.5 Å². The number of nitrogens with one attached hydrogen (secondary N) is 2. The summed E-state index contributed by atoms with van der Waals surface area (Å²) in [4.78, 5) is 23.8. The van der Waals surface area contributed by atoms with Crippen LogP contribution in [-0.4, -0.2) is 19.6 Å². The lowest BCUT2D eigenvalue weighted by Gasteiger charge is -2.26. The molecule has 1 aliphatic carbocycles. The van der Waals surface area contributed by atoms with Crippen molar-refractivity contribution in [3.63, 3.8) is 0 Å². The largest absolute Gasteiger partial charge is 0.392 e. The van der Waals surface area contributed by atoms with E-state index in [9.17, 15) is 9.90 Å². The summed E-state index contributed by atoms with van der Waals surface area (Å²) in [5.74, 6) is 0.542. The first kappa shape index (κ1) is 23.6. The van der Waals surface area contributed by atoms with E-state index >= 15 is 0 Å². The second-order valence-electron chi connectivity index (χ2n) is 10.5. The maximum Gasteiger partial charge on any atom is 0.274 e. The Bertz CT molecular complexity index is 1590. The van der Waals surface area contributed by atoms with E-state index in [0.29, 0.717) is 16.9 Å². The van der Waals surface area contributed by atoms with Crippen LogP contribution in [0.15, 0.2) is 60.0 Å². The number of thiophene rings is 1. The zero-order chi connectivity index (χ0) is 25.7. The van der Waals surface area contributed by atoms with Crippen LogP contribution in [0, 0.1) is 5.41 Å². The summed E-state index contributed by atoms with van der Waals surface area (Å²) in [6.07, 6.45) is 11.3. The lowest BCUT2D eigenvalue weighted by atomic mass is 9.88. The van der Waals surface area contributed by atoms with Gasteiger partial charge in [0.15, 0.2) is 0 Å². The quantitative estimate of drug-likeness (QED) is 0.352. The Hall–Kier alpha value is -3.75. The van der Waals surface area contributed by atoms with Crippen molar-refractivity contribution >= 4 is 28.9 Å². The third kappa shape index (κ3) is 4.16. The fraction of sp³-hybridized carbons (Fsp3) is 0.276. The zero-order valence-corrected chi connectivity index (χ0v) is 21.9. The summed E-state index contributed by atoms with van der Waals surface area (Å²) in [6.45, 7) is 4.56. The van der Waals surface area contributed by atoms with Crippen molar-refractivity contribution in [3.05, 3.63) is 97.6 Å². The van der Waals surface area contributed by atoms with Crippen LogP contribution in [0.4, 0.5) is 11.5 Å². The molecule has 8 heteroatoms. The molecule has 3 aromatic heterocycles. The standard InChI is InChI=1S/C29H29N5O2S/c1-29(2)12-21-20-7-10-31-26(27(20)37-24(21)13-29)19-6-4-5-18(22(19)15-35)17-11-23(28(36)34(3)14-17)33-25-8-9-30-16-32-25/h4-11,14,16,26,31,35H,12-13,15H2,1-3H3,(H,30,32,33). The summed E-state index contributed by atoms with van der Waals surface area (Å²) in [7, 11) is 1.73. The van der Waals surface area contributed by atoms with Crippen molar-refractivity contribution < 1.29 is 5.11 Å². The third-order valence-corrected chi connectivity index (χ3v) is 8.56. The number of hydrogen-bond donors (Lipinski definition) is 3. The highest BCUT2D eigenvalue weighted by Gasteiger charge is 2.36. The van der Waals surface area contributed by atoms with Crippen molar-refractivity contribution in [2.75, 3.05) is 5.32 Å². The zero-order valence-electron chi connectivity index (χ0n) is 21.1. The SMILES string of the molecule is Cn1cc(-c2cccc(C3NC=Cc4c3sc3c4CC(C)(C)C3)c2CO)cc(Nc2ccncn2)c1=O. The highest BCUT2D eigenvalue weighted by Crippen LogP contribution is 2.48. The van der Waals surface area contributed by atoms with E-state index in [2.05, 4.69) is 46.6 Å². The molecular weight excluding hydrogens is 482 g/mol. The molecule has 3 N–H and O–H groups in total. The van der Waals surface area contributed by atoms with E-state index in [0.717, 1.165) is 35.1 Å². The van der Waals surface area contributed by atoms with Crippen molar-refractivity contribution in [2.45, 2.75) is 39.3 Å². The molecule has 4 heterocycles. The number of hydrogen-bond acceptors (Lipinski definition) is 7. The molecule has 4 aromatic rings. The predicted molar refractivity (Wildman–Crippen MR) is 148 cm³/mol. The Labute approximate surface area is 219 Å². The molecule has 0 radical (unpaired) electrons. The normalized spacial score (nSPS) is 17.2. The lowest BCUT2D eigenvalue weighted by Crippen LogP contribution is -2.22. The Balaban J connectivity index is 1.43. The van der Waals surface area contributed by atoms with E-state index < -0.39 is 0 Å². The molecule has 0 spiro atoms. The first-order valence-electron chi connectivity index (χ1n) is 12.4. The lowest BCUT2D eigenvalue weighted by molar-refractivity contribution is 0.280. The van der Waals surface area contributed by atoms with Crippen LogP contribution in [0.1, 0.15) is 51.9 Å². The minimum Gasteiger partial charge on any atom is -0.392 e. The minimum absolute atomic E-state index is 0.0352. The molecule has 188 valence electrons. The number of pyridine rings is 1. The fourth-order valence-electron chi connectivity index (χ4n) is 5.57. The van der Waals surface area contributed by atoms with Crippen LogP contribution < -0.4 is 16.2 Å². The van der Waals surface area contributed by atoms with Gasteiger partial charge in [0.1, 0.15) is 17.8 Å². The minimum atomic E-state index is -0.163. The number of aliphatic hydroxyl groups excluding tert-OH is 1. The average Bonchev–Trinajstić information content (AvgIpc) is 3.38. The van der Waals surface area contributed by atoms with Gasteiger partial charge in [-0.3, -0.25) is 4.79 Å². The molecule has 0 fully saturated rings. The fourth-order valence-corrected chi connectivity index (χ4v) is 7.21. The van der Waals surface area contributed by atoms with Crippen LogP contribution >= 0.6 is 11.3 Å². The van der Waals surface area contributed by atoms with Crippen molar-refractivity contribution in [3.8, 4) is 11.1 Å². The Kier molecular flexibility index (Phi) is 5.73. The summed E-state index contributed by atoms with van der Waals surface area (Å²) >= 11 is 1.90. The number of rotatable bonds is 5. The Morgan fingerprint density at radius 2 is 2.14 bits per heavy atom. The van der Waals surface area contributed by atoms with E-state index in [-0.39, 0.29) is 18.2 Å². The topological polar surface area (TPSA) is 92.1 Å². The molecule has 37 heavy (non-hydrogen) atoms. The Morgan fingerprint density at radius 1 is 1.27 bits per heavy atom. The number of aromatic nitrogens is 3. The van der Waals surface area contributed by atoms with E-state index in [1.165, 1.54) is 27.2 Å². The van der Waals surface area contributed by atoms with Gasteiger partial charge in [-0.1, -0.05) is 32.0 Å². The van der Waals surface area contributed by atoms with Gasteiger partial charge < -0.3 is 20.3 Å². The summed E-state index contributed by atoms with van der Waals surface area (Å²) < 4.78 is 1.55. The molecule has 0 amide bonds. The molecule has 2 aliphatic rings. The monoisotopic (exact) mass is 511 g/mol. The molecule has 1 aliphatic heterocycles. The maximum absolute atomic E-state index is 12.9. The molecule has 1 atom stereocenters. The molecule has 0 bridgehead atoms. The van der Waals surface area contributed by atoms with E-state index in [4.69, 9.17) is 0 Å². The average molecular weight is 512 g/mol. The van der Waals surface area contributed by atoms with Crippen LogP contribution in [0.5, 0.6) is 0 Å². The van der Waals surface area contributed by atoms with Gasteiger partial charge in [0.2, 0.25) is 0 Å². The number of fused-ring (bicyclic) bond motifs is 3. The van der Waals surface area contributed by atoms with Gasteiger partial charge in [-0.05, 0) is 70.5 Å². The van der Waals surface area contributed by atoms with Gasteiger partial charge in [-0.25, -0.2) is 9.97 Å². The van der Waals surface area contributed by atoms with Crippen molar-refractivity contribution in [1.82, 2.24) is 19.9 Å². The number of aliphatic hydroxyl groups is 1. The van der Waals surface area contributed by atoms with Crippen LogP contribution in [0.2, 0.25) is 0 Å². The molecule has 0 saturated carbocycles. The van der Waals surface area contributed by atoms with Gasteiger partial charge in [-0.15, -0.1) is 11.3 Å². The van der Waals surface area contributed by atoms with Gasteiger partial charge in [-0.2, -0.15) is 0 Å². The van der Waals surface area contributed by atoms with Gasteiger partial charge in [0.25, 0.3) is 5.56 Å². The third-order valence-electron chi connectivity index (χ3n) is 7.25. The molecular formula is C29H29N5O2S. The highest BCUT2D eigenvalue weighted by molar-refractivity contribution is 7.12. The first-order chi connectivity index (χ1) is 17.8. The second-order valence-corrected chi connectivity index (χ2v) is 11.7. The number of benzene rings is 1. The summed E-state index contributed by atoms with van der Waals surface area (Å²) in [6, 6.07) is 9.62. The molecule has 1 unspecified atom stereocenters. The molecule has 6 rings (SSSR count). The van der Waals surface area contributed by atoms with Crippen LogP contribution in [-0.2, 0) is 26.5 Å². The molecule has 7 nitrogen and oxygen atoms in total. The van der Waals surface area contributed by atoms with E-state index in [1.54, 1.807) is 23.9 Å². The smallest absolute Gasteiger partial charge is 0.274 e. The number of nitrogens with zero attached hydrogens (tertiary/aromatic N) is 3. The highest BCUT2D eigenvalue weighted by atomic mass is 32.1. The molecule has 0 saturated heterocycles. The maximum atomic E-state index is 12.9. The summed E-state index contributed by atoms with van der Waals surface area (Å²) in [5.41, 5.74) is 6.99. The molecule has 1 aromatic carbocycles. The van der Waals surface area contributed by atoms with Crippen LogP contribution in [0.25, 0.3) is 17.2 Å². The first-order valence-corrected chi connectivity index (χ1v) is 13.2. The summed E-state index contributed by atoms with van der Waals surface area (Å²) in [5, 5.41) is 17.3. The van der Waals surface area contributed by atoms with Crippen molar-refractivity contribution in [1.29, 1.82) is 0 Å². The number of anilines is 2. The Morgan fingerprint density at radius 3 is 2.92 bits per heavy atom. The second kappa shape index (κ2) is 8.97. The van der Waals surface area contributed by atoms with Gasteiger partial charge >= 0.3 is 0 Å².